The highest BCUT2D eigenvalue weighted by atomic mass is 16.5. The van der Waals surface area contributed by atoms with Crippen LogP contribution in [-0.4, -0.2) is 50.8 Å². The molecule has 1 unspecified atom stereocenters. The summed E-state index contributed by atoms with van der Waals surface area (Å²) >= 11 is 0. The molecule has 0 radical (unpaired) electrons. The van der Waals surface area contributed by atoms with Crippen molar-refractivity contribution in [3.05, 3.63) is 0 Å². The predicted octanol–water partition coefficient (Wildman–Crippen LogP) is 3.10. The van der Waals surface area contributed by atoms with E-state index in [1.165, 1.54) is 12.8 Å². The van der Waals surface area contributed by atoms with Crippen LogP contribution in [0.2, 0.25) is 0 Å². The summed E-state index contributed by atoms with van der Waals surface area (Å²) in [4.78, 5) is 15.3. The largest absolute Gasteiger partial charge is 0.385 e. The molecule has 2 rings (SSSR count). The van der Waals surface area contributed by atoms with E-state index in [1.807, 2.05) is 0 Å². The molecule has 0 aromatic carbocycles. The molecule has 0 N–H and O–H groups in total. The molecule has 0 spiro atoms. The van der Waals surface area contributed by atoms with Crippen LogP contribution in [0.1, 0.15) is 52.4 Å². The average molecular weight is 311 g/mol. The van der Waals surface area contributed by atoms with E-state index in [1.54, 1.807) is 7.11 Å². The summed E-state index contributed by atoms with van der Waals surface area (Å²) in [5.41, 5.74) is -0.264. The zero-order chi connectivity index (χ0) is 16.0. The number of rotatable bonds is 5. The number of ether oxygens (including phenoxy) is 2. The van der Waals surface area contributed by atoms with Gasteiger partial charge in [0.15, 0.2) is 0 Å². The van der Waals surface area contributed by atoms with Crippen molar-refractivity contribution < 1.29 is 14.3 Å². The highest BCUT2D eigenvalue weighted by molar-refractivity contribution is 5.82. The summed E-state index contributed by atoms with van der Waals surface area (Å²) < 4.78 is 10.7. The molecule has 2 fully saturated rings. The van der Waals surface area contributed by atoms with Crippen LogP contribution >= 0.6 is 0 Å². The number of nitrogens with zero attached hydrogens (tertiary/aromatic N) is 1. The molecule has 2 heterocycles. The lowest BCUT2D eigenvalue weighted by Crippen LogP contribution is -2.47. The van der Waals surface area contributed by atoms with Gasteiger partial charge in [-0.3, -0.25) is 4.79 Å². The van der Waals surface area contributed by atoms with Gasteiger partial charge in [0.25, 0.3) is 0 Å². The van der Waals surface area contributed by atoms with Gasteiger partial charge in [0, 0.05) is 45.4 Å². The third kappa shape index (κ3) is 4.45. The van der Waals surface area contributed by atoms with Crippen molar-refractivity contribution in [2.75, 3.05) is 40.0 Å². The molecule has 0 saturated carbocycles. The van der Waals surface area contributed by atoms with Crippen LogP contribution < -0.4 is 0 Å². The topological polar surface area (TPSA) is 38.8 Å². The molecule has 2 aliphatic heterocycles. The Balaban J connectivity index is 1.98. The predicted molar refractivity (Wildman–Crippen MR) is 87.7 cm³/mol. The number of amides is 1. The summed E-state index contributed by atoms with van der Waals surface area (Å²) in [7, 11) is 1.76. The first kappa shape index (κ1) is 17.7. The molecule has 0 aromatic rings. The second-order valence-electron chi connectivity index (χ2n) is 7.50. The Morgan fingerprint density at radius 1 is 1.23 bits per heavy atom. The maximum Gasteiger partial charge on any atom is 0.228 e. The normalized spacial score (nSPS) is 25.0. The SMILES string of the molecule is COCCC1CCCCN(C(=O)C(C)(C)C2CCOCC2)C1. The first-order valence-electron chi connectivity index (χ1n) is 8.91. The van der Waals surface area contributed by atoms with Crippen LogP contribution in [0.5, 0.6) is 0 Å². The third-order valence-electron chi connectivity index (χ3n) is 5.58. The van der Waals surface area contributed by atoms with E-state index in [2.05, 4.69) is 18.7 Å². The highest BCUT2D eigenvalue weighted by Gasteiger charge is 2.40. The number of hydrogen-bond acceptors (Lipinski definition) is 3. The Morgan fingerprint density at radius 3 is 2.64 bits per heavy atom. The van der Waals surface area contributed by atoms with Crippen molar-refractivity contribution in [3.63, 3.8) is 0 Å². The molecular weight excluding hydrogens is 278 g/mol. The minimum absolute atomic E-state index is 0.264. The molecule has 2 aliphatic rings. The maximum absolute atomic E-state index is 13.1. The van der Waals surface area contributed by atoms with E-state index in [4.69, 9.17) is 9.47 Å². The van der Waals surface area contributed by atoms with Crippen LogP contribution in [0.25, 0.3) is 0 Å². The van der Waals surface area contributed by atoms with Gasteiger partial charge in [0.1, 0.15) is 0 Å². The molecule has 0 aromatic heterocycles. The molecular formula is C18H33NO3. The van der Waals surface area contributed by atoms with Crippen molar-refractivity contribution >= 4 is 5.91 Å². The minimum Gasteiger partial charge on any atom is -0.385 e. The summed E-state index contributed by atoms with van der Waals surface area (Å²) in [6, 6.07) is 0. The molecule has 1 amide bonds. The van der Waals surface area contributed by atoms with Crippen LogP contribution in [0.3, 0.4) is 0 Å². The second kappa shape index (κ2) is 8.30. The zero-order valence-electron chi connectivity index (χ0n) is 14.6. The summed E-state index contributed by atoms with van der Waals surface area (Å²) in [5, 5.41) is 0. The van der Waals surface area contributed by atoms with E-state index in [0.29, 0.717) is 17.7 Å². The fourth-order valence-corrected chi connectivity index (χ4v) is 3.94. The summed E-state index contributed by atoms with van der Waals surface area (Å²) in [5.74, 6) is 1.40. The van der Waals surface area contributed by atoms with Gasteiger partial charge in [-0.05, 0) is 43.9 Å². The van der Waals surface area contributed by atoms with Gasteiger partial charge in [-0.1, -0.05) is 20.3 Å². The van der Waals surface area contributed by atoms with Crippen molar-refractivity contribution in [2.45, 2.75) is 52.4 Å². The molecule has 1 atom stereocenters. The van der Waals surface area contributed by atoms with Crippen molar-refractivity contribution in [2.24, 2.45) is 17.3 Å². The van der Waals surface area contributed by atoms with Gasteiger partial charge in [-0.2, -0.15) is 0 Å². The molecule has 128 valence electrons. The van der Waals surface area contributed by atoms with E-state index in [0.717, 1.165) is 58.6 Å². The summed E-state index contributed by atoms with van der Waals surface area (Å²) in [6.07, 6.45) is 6.69. The van der Waals surface area contributed by atoms with Gasteiger partial charge in [0.05, 0.1) is 0 Å². The number of hydrogen-bond donors (Lipinski definition) is 0. The Bertz CT molecular complexity index is 350. The first-order chi connectivity index (χ1) is 10.6. The van der Waals surface area contributed by atoms with E-state index in [-0.39, 0.29) is 5.41 Å². The monoisotopic (exact) mass is 311 g/mol. The molecule has 2 saturated heterocycles. The average Bonchev–Trinajstić information content (AvgIpc) is 2.78. The van der Waals surface area contributed by atoms with Crippen LogP contribution in [0, 0.1) is 17.3 Å². The summed E-state index contributed by atoms with van der Waals surface area (Å²) in [6.45, 7) is 8.52. The number of carbonyl (C=O) groups excluding carboxylic acids is 1. The molecule has 0 aliphatic carbocycles. The van der Waals surface area contributed by atoms with Crippen molar-refractivity contribution in [1.82, 2.24) is 4.90 Å². The number of methoxy groups -OCH3 is 1. The van der Waals surface area contributed by atoms with Crippen LogP contribution in [0.15, 0.2) is 0 Å². The second-order valence-corrected chi connectivity index (χ2v) is 7.50. The van der Waals surface area contributed by atoms with E-state index < -0.39 is 0 Å². The van der Waals surface area contributed by atoms with Crippen LogP contribution in [0.4, 0.5) is 0 Å². The third-order valence-corrected chi connectivity index (χ3v) is 5.58. The zero-order valence-corrected chi connectivity index (χ0v) is 14.6. The lowest BCUT2D eigenvalue weighted by Gasteiger charge is -2.39. The Kier molecular flexibility index (Phi) is 6.69. The van der Waals surface area contributed by atoms with Crippen molar-refractivity contribution in [1.29, 1.82) is 0 Å². The minimum atomic E-state index is -0.264. The van der Waals surface area contributed by atoms with Gasteiger partial charge < -0.3 is 14.4 Å². The quantitative estimate of drug-likeness (QED) is 0.783. The maximum atomic E-state index is 13.1. The molecule has 22 heavy (non-hydrogen) atoms. The van der Waals surface area contributed by atoms with Gasteiger partial charge in [-0.25, -0.2) is 0 Å². The standard InChI is InChI=1S/C18H33NO3/c1-18(2,16-8-12-22-13-9-16)17(20)19-10-5-4-6-15(14-19)7-11-21-3/h15-16H,4-14H2,1-3H3. The van der Waals surface area contributed by atoms with Gasteiger partial charge in [0.2, 0.25) is 5.91 Å². The fourth-order valence-electron chi connectivity index (χ4n) is 3.94. The first-order valence-corrected chi connectivity index (χ1v) is 8.91. The van der Waals surface area contributed by atoms with Crippen LogP contribution in [-0.2, 0) is 14.3 Å². The van der Waals surface area contributed by atoms with Gasteiger partial charge in [-0.15, -0.1) is 0 Å². The van der Waals surface area contributed by atoms with Crippen molar-refractivity contribution in [3.8, 4) is 0 Å². The Hall–Kier alpha value is -0.610. The lowest BCUT2D eigenvalue weighted by molar-refractivity contribution is -0.146. The van der Waals surface area contributed by atoms with Gasteiger partial charge >= 0.3 is 0 Å². The Morgan fingerprint density at radius 2 is 1.95 bits per heavy atom. The molecule has 0 bridgehead atoms. The fraction of sp³-hybridized carbons (Fsp3) is 0.944. The van der Waals surface area contributed by atoms with E-state index in [9.17, 15) is 4.79 Å². The Labute approximate surface area is 135 Å². The molecule has 4 nitrogen and oxygen atoms in total. The van der Waals surface area contributed by atoms with E-state index >= 15 is 0 Å². The smallest absolute Gasteiger partial charge is 0.228 e. The molecule has 4 heteroatoms. The number of carbonyl (C=O) groups is 1. The highest BCUT2D eigenvalue weighted by Crippen LogP contribution is 2.37. The number of likely N-dealkylation sites (tertiary alicyclic amines) is 1. The lowest BCUT2D eigenvalue weighted by atomic mass is 9.73.